The first kappa shape index (κ1) is 24.3. The highest BCUT2D eigenvalue weighted by molar-refractivity contribution is 6.31. The highest BCUT2D eigenvalue weighted by Gasteiger charge is 2.30. The van der Waals surface area contributed by atoms with E-state index in [0.29, 0.717) is 37.5 Å². The summed E-state index contributed by atoms with van der Waals surface area (Å²) in [6.45, 7) is 12.7. The van der Waals surface area contributed by atoms with E-state index in [2.05, 4.69) is 0 Å². The Bertz CT molecular complexity index is 981. The minimum absolute atomic E-state index is 0.0786. The number of carbonyl (C=O) groups excluding carboxylic acids is 2. The predicted octanol–water partition coefficient (Wildman–Crippen LogP) is 4.49. The zero-order valence-electron chi connectivity index (χ0n) is 19.9. The molecule has 0 aliphatic carbocycles. The van der Waals surface area contributed by atoms with Gasteiger partial charge in [0.1, 0.15) is 0 Å². The number of rotatable bonds is 7. The zero-order valence-corrected chi connectivity index (χ0v) is 20.7. The van der Waals surface area contributed by atoms with E-state index in [1.807, 2.05) is 67.3 Å². The lowest BCUT2D eigenvalue weighted by Gasteiger charge is -2.34. The lowest BCUT2D eigenvalue weighted by atomic mass is 9.95. The Labute approximate surface area is 196 Å². The number of likely N-dealkylation sites (tertiary alicyclic amines) is 1. The second-order valence-corrected chi connectivity index (χ2v) is 9.09. The van der Waals surface area contributed by atoms with Crippen LogP contribution in [0.4, 0.5) is 0 Å². The van der Waals surface area contributed by atoms with Crippen molar-refractivity contribution in [3.63, 3.8) is 0 Å². The van der Waals surface area contributed by atoms with E-state index in [9.17, 15) is 9.59 Å². The smallest absolute Gasteiger partial charge is 0.227 e. The van der Waals surface area contributed by atoms with Gasteiger partial charge in [-0.05, 0) is 77.1 Å². The number of benzene rings is 1. The van der Waals surface area contributed by atoms with Crippen LogP contribution >= 0.6 is 11.6 Å². The number of nitrogens with zero attached hydrogens (tertiary/aromatic N) is 4. The minimum atomic E-state index is -0.0786. The highest BCUT2D eigenvalue weighted by atomic mass is 35.5. The second-order valence-electron chi connectivity index (χ2n) is 8.68. The van der Waals surface area contributed by atoms with Gasteiger partial charge in [0.25, 0.3) is 0 Å². The van der Waals surface area contributed by atoms with E-state index in [-0.39, 0.29) is 17.7 Å². The minimum Gasteiger partial charge on any atom is -0.343 e. The Morgan fingerprint density at radius 1 is 1.19 bits per heavy atom. The number of aryl methyl sites for hydroxylation is 2. The van der Waals surface area contributed by atoms with Gasteiger partial charge in [-0.2, -0.15) is 5.10 Å². The summed E-state index contributed by atoms with van der Waals surface area (Å²) in [6.07, 6.45) is 2.81. The lowest BCUT2D eigenvalue weighted by Crippen LogP contribution is -2.46. The third-order valence-corrected chi connectivity index (χ3v) is 7.04. The first-order chi connectivity index (χ1) is 15.3. The van der Waals surface area contributed by atoms with E-state index in [1.165, 1.54) is 0 Å². The molecule has 1 unspecified atom stereocenters. The van der Waals surface area contributed by atoms with Crippen molar-refractivity contribution in [1.82, 2.24) is 19.6 Å². The quantitative estimate of drug-likeness (QED) is 0.614. The average molecular weight is 459 g/mol. The fraction of sp³-hybridized carbons (Fsp3) is 0.560. The number of halogens is 1. The van der Waals surface area contributed by atoms with Gasteiger partial charge in [0.15, 0.2) is 0 Å². The first-order valence-electron chi connectivity index (χ1n) is 11.6. The van der Waals surface area contributed by atoms with Crippen molar-refractivity contribution in [1.29, 1.82) is 0 Å². The van der Waals surface area contributed by atoms with Crippen molar-refractivity contribution in [3.8, 4) is 5.69 Å². The largest absolute Gasteiger partial charge is 0.343 e. The molecule has 7 heteroatoms. The van der Waals surface area contributed by atoms with Crippen LogP contribution in [-0.4, -0.2) is 57.6 Å². The van der Waals surface area contributed by atoms with Gasteiger partial charge in [-0.1, -0.05) is 17.7 Å². The van der Waals surface area contributed by atoms with Crippen molar-refractivity contribution in [2.45, 2.75) is 60.3 Å². The van der Waals surface area contributed by atoms with E-state index in [1.54, 1.807) is 0 Å². The fourth-order valence-electron chi connectivity index (χ4n) is 4.59. The molecule has 1 aromatic carbocycles. The van der Waals surface area contributed by atoms with Crippen molar-refractivity contribution >= 4 is 23.4 Å². The third-order valence-electron chi connectivity index (χ3n) is 6.63. The van der Waals surface area contributed by atoms with Crippen LogP contribution in [0.25, 0.3) is 5.69 Å². The van der Waals surface area contributed by atoms with Gasteiger partial charge >= 0.3 is 0 Å². The molecule has 2 aromatic rings. The number of carbonyl (C=O) groups is 2. The van der Waals surface area contributed by atoms with Gasteiger partial charge < -0.3 is 9.80 Å². The number of amides is 2. The summed E-state index contributed by atoms with van der Waals surface area (Å²) in [5, 5.41) is 5.41. The van der Waals surface area contributed by atoms with Crippen LogP contribution < -0.4 is 0 Å². The molecular formula is C25H35ClN4O2. The summed E-state index contributed by atoms with van der Waals surface area (Å²) < 4.78 is 1.90. The first-order valence-corrected chi connectivity index (χ1v) is 12.0. The molecule has 1 aliphatic rings. The molecular weight excluding hydrogens is 424 g/mol. The van der Waals surface area contributed by atoms with Crippen molar-refractivity contribution < 1.29 is 9.59 Å². The van der Waals surface area contributed by atoms with Gasteiger partial charge in [-0.3, -0.25) is 9.59 Å². The molecule has 1 aromatic heterocycles. The molecule has 2 heterocycles. The van der Waals surface area contributed by atoms with Crippen LogP contribution in [0.2, 0.25) is 5.02 Å². The maximum atomic E-state index is 13.0. The molecule has 2 amide bonds. The topological polar surface area (TPSA) is 58.4 Å². The SMILES string of the molecule is CCN(CC)C(=O)C1CCCN(C(=O)CCc2c(C)nn(-c3ccc(C)c(Cl)c3)c2C)C1. The Morgan fingerprint density at radius 3 is 2.56 bits per heavy atom. The Hall–Kier alpha value is -2.34. The number of hydrogen-bond donors (Lipinski definition) is 0. The van der Waals surface area contributed by atoms with Gasteiger partial charge in [0.05, 0.1) is 17.3 Å². The molecule has 0 bridgehead atoms. The summed E-state index contributed by atoms with van der Waals surface area (Å²) >= 11 is 6.31. The summed E-state index contributed by atoms with van der Waals surface area (Å²) in [4.78, 5) is 29.5. The van der Waals surface area contributed by atoms with Gasteiger partial charge in [-0.15, -0.1) is 0 Å². The molecule has 0 spiro atoms. The van der Waals surface area contributed by atoms with Gasteiger partial charge in [-0.25, -0.2) is 4.68 Å². The molecule has 1 aliphatic heterocycles. The van der Waals surface area contributed by atoms with Gasteiger partial charge in [0, 0.05) is 43.3 Å². The van der Waals surface area contributed by atoms with Crippen LogP contribution in [-0.2, 0) is 16.0 Å². The molecule has 1 atom stereocenters. The summed E-state index contributed by atoms with van der Waals surface area (Å²) in [5.41, 5.74) is 5.01. The van der Waals surface area contributed by atoms with Crippen LogP contribution in [0.5, 0.6) is 0 Å². The molecule has 1 fully saturated rings. The summed E-state index contributed by atoms with van der Waals surface area (Å²) in [6, 6.07) is 5.92. The van der Waals surface area contributed by atoms with E-state index >= 15 is 0 Å². The standard InChI is InChI=1S/C25H35ClN4O2/c1-6-28(7-2)25(32)20-9-8-14-29(16-20)24(31)13-12-22-18(4)27-30(19(22)5)21-11-10-17(3)23(26)15-21/h10-11,15,20H,6-9,12-14,16H2,1-5H3. The van der Waals surface area contributed by atoms with Crippen molar-refractivity contribution in [2.75, 3.05) is 26.2 Å². The Morgan fingerprint density at radius 2 is 1.91 bits per heavy atom. The highest BCUT2D eigenvalue weighted by Crippen LogP contribution is 2.24. The Kier molecular flexibility index (Phi) is 7.99. The summed E-state index contributed by atoms with van der Waals surface area (Å²) in [5.74, 6) is 0.217. The molecule has 6 nitrogen and oxygen atoms in total. The number of aromatic nitrogens is 2. The predicted molar refractivity (Wildman–Crippen MR) is 128 cm³/mol. The van der Waals surface area contributed by atoms with Crippen LogP contribution in [0, 0.1) is 26.7 Å². The molecule has 32 heavy (non-hydrogen) atoms. The monoisotopic (exact) mass is 458 g/mol. The van der Waals surface area contributed by atoms with Crippen LogP contribution in [0.15, 0.2) is 18.2 Å². The fourth-order valence-corrected chi connectivity index (χ4v) is 4.77. The third kappa shape index (κ3) is 5.17. The number of piperidine rings is 1. The van der Waals surface area contributed by atoms with Crippen molar-refractivity contribution in [3.05, 3.63) is 45.7 Å². The normalized spacial score (nSPS) is 16.3. The Balaban J connectivity index is 1.66. The average Bonchev–Trinajstić information content (AvgIpc) is 3.08. The van der Waals surface area contributed by atoms with Gasteiger partial charge in [0.2, 0.25) is 11.8 Å². The van der Waals surface area contributed by atoms with Crippen LogP contribution in [0.3, 0.4) is 0 Å². The molecule has 0 saturated carbocycles. The molecule has 174 valence electrons. The maximum Gasteiger partial charge on any atom is 0.227 e. The van der Waals surface area contributed by atoms with E-state index in [0.717, 1.165) is 47.6 Å². The maximum absolute atomic E-state index is 13.0. The zero-order chi connectivity index (χ0) is 23.4. The van der Waals surface area contributed by atoms with Crippen molar-refractivity contribution in [2.24, 2.45) is 5.92 Å². The number of hydrogen-bond acceptors (Lipinski definition) is 3. The molecule has 1 saturated heterocycles. The van der Waals surface area contributed by atoms with E-state index < -0.39 is 0 Å². The summed E-state index contributed by atoms with van der Waals surface area (Å²) in [7, 11) is 0. The van der Waals surface area contributed by atoms with Crippen LogP contribution in [0.1, 0.15) is 55.6 Å². The molecule has 0 N–H and O–H groups in total. The lowest BCUT2D eigenvalue weighted by molar-refractivity contribution is -0.140. The molecule has 0 radical (unpaired) electrons. The second kappa shape index (κ2) is 10.5. The van der Waals surface area contributed by atoms with E-state index in [4.69, 9.17) is 16.7 Å². The molecule has 3 rings (SSSR count).